The molecule has 0 atom stereocenters. The summed E-state index contributed by atoms with van der Waals surface area (Å²) in [4.78, 5) is 47.9. The lowest BCUT2D eigenvalue weighted by Gasteiger charge is -2.13. The number of hydrogen-bond donors (Lipinski definition) is 1. The number of methoxy groups -OCH3 is 2. The zero-order valence-electron chi connectivity index (χ0n) is 22.2. The number of carbonyl (C=O) groups excluding carboxylic acids is 3. The van der Waals surface area contributed by atoms with Crippen molar-refractivity contribution in [3.05, 3.63) is 46.2 Å². The zero-order valence-corrected chi connectivity index (χ0v) is 23.9. The van der Waals surface area contributed by atoms with Gasteiger partial charge >= 0.3 is 5.97 Å². The number of carboxylic acids is 1. The number of benzene rings is 2. The molecule has 0 aliphatic rings. The van der Waals surface area contributed by atoms with Crippen molar-refractivity contribution in [3.8, 4) is 23.0 Å². The number of thiophene rings is 2. The summed E-state index contributed by atoms with van der Waals surface area (Å²) in [6.07, 6.45) is 0.136. The fourth-order valence-electron chi connectivity index (χ4n) is 3.97. The van der Waals surface area contributed by atoms with Crippen molar-refractivity contribution in [1.82, 2.24) is 0 Å². The minimum absolute atomic E-state index is 0.0188. The maximum atomic E-state index is 12.5. The van der Waals surface area contributed by atoms with Crippen LogP contribution >= 0.6 is 22.7 Å². The van der Waals surface area contributed by atoms with Gasteiger partial charge in [0.15, 0.2) is 34.6 Å². The van der Waals surface area contributed by atoms with E-state index in [1.54, 1.807) is 31.4 Å². The highest BCUT2D eigenvalue weighted by atomic mass is 32.1. The monoisotopic (exact) mass is 584 g/mol. The molecule has 0 amide bonds. The molecule has 9 nitrogen and oxygen atoms in total. The van der Waals surface area contributed by atoms with Crippen LogP contribution in [0.5, 0.6) is 23.0 Å². The van der Waals surface area contributed by atoms with Crippen LogP contribution in [0.4, 0.5) is 0 Å². The third-order valence-corrected chi connectivity index (χ3v) is 8.30. The first-order valence-electron chi connectivity index (χ1n) is 12.4. The lowest BCUT2D eigenvalue weighted by Crippen LogP contribution is -2.10. The molecule has 40 heavy (non-hydrogen) atoms. The Bertz CT molecular complexity index is 1460. The number of hydrogen-bond acceptors (Lipinski definition) is 10. The molecular weight excluding hydrogens is 556 g/mol. The molecule has 4 aromatic rings. The van der Waals surface area contributed by atoms with Crippen LogP contribution in [0, 0.1) is 0 Å². The lowest BCUT2D eigenvalue weighted by molar-refractivity contribution is -0.137. The molecule has 0 saturated carbocycles. The Morgan fingerprint density at radius 2 is 1.10 bits per heavy atom. The molecule has 2 heterocycles. The molecule has 0 radical (unpaired) electrons. The first kappa shape index (κ1) is 29.0. The summed E-state index contributed by atoms with van der Waals surface area (Å²) in [5.41, 5.74) is 0. The van der Waals surface area contributed by atoms with E-state index < -0.39 is 5.97 Å². The first-order chi connectivity index (χ1) is 19.2. The van der Waals surface area contributed by atoms with Crippen molar-refractivity contribution in [2.24, 2.45) is 0 Å². The molecule has 2 aromatic heterocycles. The fourth-order valence-corrected chi connectivity index (χ4v) is 6.05. The number of Topliss-reactive ketones (excluding diaryl/α,β-unsaturated/α-hetero) is 3. The number of carboxylic acid groups (broad SMARTS) is 1. The maximum Gasteiger partial charge on any atom is 0.303 e. The minimum Gasteiger partial charge on any atom is -0.493 e. The second-order valence-electron chi connectivity index (χ2n) is 8.94. The molecule has 0 spiro atoms. The van der Waals surface area contributed by atoms with Crippen LogP contribution in [0.1, 0.15) is 52.0 Å². The van der Waals surface area contributed by atoms with Gasteiger partial charge in [-0.15, -0.1) is 22.7 Å². The topological polar surface area (TPSA) is 125 Å². The Labute approximate surface area is 238 Å². The number of aliphatic carboxylic acids is 1. The number of ketones is 3. The van der Waals surface area contributed by atoms with Crippen LogP contribution < -0.4 is 18.9 Å². The number of fused-ring (bicyclic) bond motifs is 2. The molecule has 0 saturated heterocycles. The van der Waals surface area contributed by atoms with Gasteiger partial charge in [0, 0.05) is 40.8 Å². The Hall–Kier alpha value is -3.96. The van der Waals surface area contributed by atoms with E-state index in [1.165, 1.54) is 36.7 Å². The average molecular weight is 585 g/mol. The summed E-state index contributed by atoms with van der Waals surface area (Å²) in [5, 5.41) is 10.5. The van der Waals surface area contributed by atoms with Gasteiger partial charge in [0.25, 0.3) is 0 Å². The number of ether oxygens (including phenoxy) is 4. The second kappa shape index (κ2) is 12.9. The summed E-state index contributed by atoms with van der Waals surface area (Å²) >= 11 is 2.63. The summed E-state index contributed by atoms with van der Waals surface area (Å²) in [6.45, 7) is 1.86. The van der Waals surface area contributed by atoms with Gasteiger partial charge in [-0.2, -0.15) is 0 Å². The van der Waals surface area contributed by atoms with E-state index in [4.69, 9.17) is 24.1 Å². The van der Waals surface area contributed by atoms with E-state index in [9.17, 15) is 19.2 Å². The van der Waals surface area contributed by atoms with Crippen molar-refractivity contribution >= 4 is 66.2 Å². The van der Waals surface area contributed by atoms with Crippen LogP contribution in [0.15, 0.2) is 36.4 Å². The molecule has 0 bridgehead atoms. The van der Waals surface area contributed by atoms with Gasteiger partial charge in [-0.1, -0.05) is 0 Å². The van der Waals surface area contributed by atoms with Gasteiger partial charge in [-0.05, 0) is 42.0 Å². The molecule has 1 N–H and O–H groups in total. The van der Waals surface area contributed by atoms with Gasteiger partial charge in [-0.3, -0.25) is 14.4 Å². The molecule has 2 aromatic carbocycles. The van der Waals surface area contributed by atoms with Crippen molar-refractivity contribution in [2.45, 2.75) is 32.6 Å². The largest absolute Gasteiger partial charge is 0.493 e. The smallest absolute Gasteiger partial charge is 0.303 e. The third kappa shape index (κ3) is 6.97. The normalized spacial score (nSPS) is 11.0. The van der Waals surface area contributed by atoms with E-state index in [0.717, 1.165) is 20.2 Å². The maximum absolute atomic E-state index is 12.5. The van der Waals surface area contributed by atoms with Gasteiger partial charge in [0.05, 0.1) is 30.4 Å². The highest BCUT2D eigenvalue weighted by Gasteiger charge is 2.17. The van der Waals surface area contributed by atoms with Gasteiger partial charge in [-0.25, -0.2) is 0 Å². The van der Waals surface area contributed by atoms with E-state index in [0.29, 0.717) is 32.8 Å². The van der Waals surface area contributed by atoms with E-state index in [1.807, 2.05) is 12.1 Å². The minimum atomic E-state index is -1.01. The Kier molecular flexibility index (Phi) is 9.38. The molecule has 0 unspecified atom stereocenters. The quantitative estimate of drug-likeness (QED) is 0.129. The molecule has 210 valence electrons. The molecule has 4 rings (SSSR count). The summed E-state index contributed by atoms with van der Waals surface area (Å²) in [5.74, 6) is 0.686. The van der Waals surface area contributed by atoms with Gasteiger partial charge in [0.2, 0.25) is 0 Å². The van der Waals surface area contributed by atoms with E-state index >= 15 is 0 Å². The van der Waals surface area contributed by atoms with Crippen LogP contribution in [0.2, 0.25) is 0 Å². The van der Waals surface area contributed by atoms with Crippen LogP contribution in [-0.2, 0) is 9.59 Å². The summed E-state index contributed by atoms with van der Waals surface area (Å²) < 4.78 is 24.5. The van der Waals surface area contributed by atoms with Crippen molar-refractivity contribution < 1.29 is 43.2 Å². The average Bonchev–Trinajstić information content (AvgIpc) is 3.55. The fraction of sp³-hybridized carbons (Fsp3) is 0.310. The van der Waals surface area contributed by atoms with Crippen molar-refractivity contribution in [3.63, 3.8) is 0 Å². The number of carbonyl (C=O) groups is 4. The zero-order chi connectivity index (χ0) is 28.8. The molecular formula is C29H28O9S2. The van der Waals surface area contributed by atoms with Crippen molar-refractivity contribution in [2.75, 3.05) is 27.4 Å². The first-order valence-corrected chi connectivity index (χ1v) is 14.1. The van der Waals surface area contributed by atoms with E-state index in [2.05, 4.69) is 0 Å². The predicted molar refractivity (Wildman–Crippen MR) is 153 cm³/mol. The summed E-state index contributed by atoms with van der Waals surface area (Å²) in [7, 11) is 3.07. The summed E-state index contributed by atoms with van der Waals surface area (Å²) in [6, 6.07) is 10.7. The highest BCUT2D eigenvalue weighted by molar-refractivity contribution is 7.21. The molecule has 0 fully saturated rings. The number of rotatable bonds is 15. The Morgan fingerprint density at radius 3 is 1.50 bits per heavy atom. The molecule has 0 aliphatic heterocycles. The standard InChI is InChI=1S/C29H28O9S2/c1-16(30)4-5-19(31)27-12-17-10-23(21(35-2)14-25(17)39-27)37-8-9-38-24-11-18-13-28(20(32)6-7-29(33)34)40-26(18)15-22(24)36-3/h10-15H,4-9H2,1-3H3,(H,33,34). The second-order valence-corrected chi connectivity index (χ2v) is 11.1. The lowest BCUT2D eigenvalue weighted by atomic mass is 10.1. The van der Waals surface area contributed by atoms with E-state index in [-0.39, 0.29) is 56.2 Å². The molecule has 11 heteroatoms. The third-order valence-electron chi connectivity index (χ3n) is 6.02. The Balaban J connectivity index is 1.42. The predicted octanol–water partition coefficient (Wildman–Crippen LogP) is 6.19. The van der Waals surface area contributed by atoms with Gasteiger partial charge in [0.1, 0.15) is 19.0 Å². The Morgan fingerprint density at radius 1 is 0.650 bits per heavy atom. The van der Waals surface area contributed by atoms with Crippen LogP contribution in [-0.4, -0.2) is 55.9 Å². The SMILES string of the molecule is COc1cc2sc(C(=O)CCC(C)=O)cc2cc1OCCOc1cc2cc(C(=O)CCC(=O)O)sc2cc1OC. The molecule has 0 aliphatic carbocycles. The van der Waals surface area contributed by atoms with Gasteiger partial charge < -0.3 is 28.8 Å². The van der Waals surface area contributed by atoms with Crippen molar-refractivity contribution in [1.29, 1.82) is 0 Å². The van der Waals surface area contributed by atoms with Crippen LogP contribution in [0.3, 0.4) is 0 Å². The highest BCUT2D eigenvalue weighted by Crippen LogP contribution is 2.38. The van der Waals surface area contributed by atoms with Crippen LogP contribution in [0.25, 0.3) is 20.2 Å².